The smallest absolute Gasteiger partial charge is 0.759 e. The second kappa shape index (κ2) is 13.4. The first-order valence-electron chi connectivity index (χ1n) is 2.00. The molecule has 17 heteroatoms. The minimum atomic E-state index is -5.17. The topological polar surface area (TPSA) is 241 Å². The van der Waals surface area contributed by atoms with E-state index in [4.69, 9.17) is 52.6 Å². The van der Waals surface area contributed by atoms with Gasteiger partial charge in [-0.3, -0.25) is 25.3 Å². The van der Waals surface area contributed by atoms with Crippen LogP contribution in [0.4, 0.5) is 0 Å². The quantitative estimate of drug-likeness (QED) is 0.200. The van der Waals surface area contributed by atoms with Crippen molar-refractivity contribution in [1.29, 1.82) is 0 Å². The Kier molecular flexibility index (Phi) is 24.9. The fraction of sp³-hybridized carbons (Fsp3) is 0. The minimum Gasteiger partial charge on any atom is -0.759 e. The van der Waals surface area contributed by atoms with Crippen LogP contribution < -0.4 is 0 Å². The van der Waals surface area contributed by atoms with Crippen molar-refractivity contribution in [3.63, 3.8) is 0 Å². The first-order chi connectivity index (χ1) is 6.00. The summed E-state index contributed by atoms with van der Waals surface area (Å²) < 4.78 is 102. The summed E-state index contributed by atoms with van der Waals surface area (Å²) in [5.41, 5.74) is 0. The van der Waals surface area contributed by atoms with Gasteiger partial charge in [-0.2, -0.15) is 0 Å². The molecule has 0 atom stereocenters. The van der Waals surface area contributed by atoms with Crippen molar-refractivity contribution in [2.24, 2.45) is 0 Å². The molecule has 0 aromatic rings. The molecule has 0 aromatic carbocycles. The average Bonchev–Trinajstić information content (AvgIpc) is 1.41. The molecule has 12 nitrogen and oxygen atoms in total. The fourth-order valence-electron chi connectivity index (χ4n) is 0. The van der Waals surface area contributed by atoms with Gasteiger partial charge in [-0.05, 0) is 0 Å². The van der Waals surface area contributed by atoms with Crippen LogP contribution in [0.25, 0.3) is 0 Å². The molecule has 17 heavy (non-hydrogen) atoms. The van der Waals surface area contributed by atoms with Gasteiger partial charge < -0.3 is 27.3 Å². The molecule has 0 aliphatic heterocycles. The van der Waals surface area contributed by atoms with Crippen LogP contribution in [0, 0.1) is 83.5 Å². The van der Waals surface area contributed by atoms with Gasteiger partial charge in [-0.25, -0.2) is 0 Å². The third-order valence-electron chi connectivity index (χ3n) is 0. The Morgan fingerprint density at radius 2 is 0.412 bits per heavy atom. The van der Waals surface area contributed by atoms with Gasteiger partial charge in [0.1, 0.15) is 0 Å². The van der Waals surface area contributed by atoms with Crippen LogP contribution in [-0.4, -0.2) is 52.6 Å². The van der Waals surface area contributed by atoms with E-state index in [1.807, 2.05) is 0 Å². The zero-order chi connectivity index (χ0) is 13.5. The third-order valence-corrected chi connectivity index (χ3v) is 0. The van der Waals surface area contributed by atoms with Crippen LogP contribution >= 0.6 is 0 Å². The van der Waals surface area contributed by atoms with E-state index in [2.05, 4.69) is 0 Å². The molecular weight excluding hydrogens is 568 g/mol. The Bertz CT molecular complexity index is 341. The molecule has 0 rings (SSSR count). The van der Waals surface area contributed by atoms with Crippen LogP contribution in [0.5, 0.6) is 0 Å². The van der Waals surface area contributed by atoms with Crippen LogP contribution in [-0.2, 0) is 31.2 Å². The molecule has 0 aromatic heterocycles. The van der Waals surface area contributed by atoms with Gasteiger partial charge in [-0.1, -0.05) is 0 Å². The van der Waals surface area contributed by atoms with Gasteiger partial charge in [0.15, 0.2) is 0 Å². The molecule has 0 spiro atoms. The standard InChI is InChI=1S/2Ce.3H2O4S/c;;3*1-5(2,3)4/h;;3*(H2,1,2,3,4)/q2*+3;;;/p-6. The zero-order valence-electron chi connectivity index (χ0n) is 7.12. The molecule has 0 heterocycles. The minimum absolute atomic E-state index is 0. The summed E-state index contributed by atoms with van der Waals surface area (Å²) in [4.78, 5) is 0. The summed E-state index contributed by atoms with van der Waals surface area (Å²) in [7, 11) is -15.5. The summed E-state index contributed by atoms with van der Waals surface area (Å²) in [6.07, 6.45) is 0. The van der Waals surface area contributed by atoms with E-state index < -0.39 is 31.2 Å². The van der Waals surface area contributed by atoms with Crippen molar-refractivity contribution in [2.75, 3.05) is 0 Å². The Labute approximate surface area is 164 Å². The van der Waals surface area contributed by atoms with E-state index in [1.54, 1.807) is 0 Å². The maximum atomic E-state index is 8.52. The molecule has 0 amide bonds. The molecule has 0 saturated heterocycles. The summed E-state index contributed by atoms with van der Waals surface area (Å²) in [6.45, 7) is 0. The normalized spacial score (nSPS) is 10.2. The van der Waals surface area contributed by atoms with E-state index in [9.17, 15) is 0 Å². The molecule has 0 aliphatic rings. The largest absolute Gasteiger partial charge is 3.00 e. The van der Waals surface area contributed by atoms with E-state index in [0.29, 0.717) is 0 Å². The Balaban J connectivity index is -0.0000000400. The van der Waals surface area contributed by atoms with Crippen molar-refractivity contribution in [3.8, 4) is 0 Å². The Morgan fingerprint density at radius 1 is 0.412 bits per heavy atom. The van der Waals surface area contributed by atoms with Gasteiger partial charge in [-0.15, -0.1) is 0 Å². The summed E-state index contributed by atoms with van der Waals surface area (Å²) >= 11 is 0. The predicted molar refractivity (Wildman–Crippen MR) is 31.4 cm³/mol. The number of hydrogen-bond donors (Lipinski definition) is 0. The van der Waals surface area contributed by atoms with Crippen LogP contribution in [0.3, 0.4) is 0 Å². The van der Waals surface area contributed by atoms with Gasteiger partial charge in [0.05, 0.1) is 0 Å². The van der Waals surface area contributed by atoms with E-state index >= 15 is 0 Å². The van der Waals surface area contributed by atoms with Crippen molar-refractivity contribution < 1.29 is 136 Å². The van der Waals surface area contributed by atoms with Gasteiger partial charge >= 0.3 is 83.5 Å². The van der Waals surface area contributed by atoms with E-state index in [-0.39, 0.29) is 83.5 Å². The molecular formula is Ce2O12S3. The summed E-state index contributed by atoms with van der Waals surface area (Å²) in [5, 5.41) is 0. The first kappa shape index (κ1) is 31.6. The molecule has 98 valence electrons. The second-order valence-corrected chi connectivity index (χ2v) is 3.67. The second-order valence-electron chi connectivity index (χ2n) is 1.22. The van der Waals surface area contributed by atoms with Crippen molar-refractivity contribution >= 4 is 31.2 Å². The third kappa shape index (κ3) is 880. The maximum absolute atomic E-state index is 8.52. The predicted octanol–water partition coefficient (Wildman–Crippen LogP) is -4.01. The molecule has 0 fully saturated rings. The molecule has 0 saturated carbocycles. The molecule has 0 unspecified atom stereocenters. The maximum Gasteiger partial charge on any atom is 3.00 e. The van der Waals surface area contributed by atoms with Crippen molar-refractivity contribution in [2.45, 2.75) is 0 Å². The van der Waals surface area contributed by atoms with Gasteiger partial charge in [0.2, 0.25) is 0 Å². The summed E-state index contributed by atoms with van der Waals surface area (Å²) in [5.74, 6) is 0. The van der Waals surface area contributed by atoms with E-state index in [1.165, 1.54) is 0 Å². The summed E-state index contributed by atoms with van der Waals surface area (Å²) in [6, 6.07) is 0. The average molecular weight is 568 g/mol. The fourth-order valence-corrected chi connectivity index (χ4v) is 0. The molecule has 0 aliphatic carbocycles. The Morgan fingerprint density at radius 3 is 0.412 bits per heavy atom. The van der Waals surface area contributed by atoms with Crippen molar-refractivity contribution in [1.82, 2.24) is 0 Å². The number of hydrogen-bond acceptors (Lipinski definition) is 12. The monoisotopic (exact) mass is 568 g/mol. The van der Waals surface area contributed by atoms with Gasteiger partial charge in [0.25, 0.3) is 0 Å². The van der Waals surface area contributed by atoms with Crippen LogP contribution in [0.15, 0.2) is 0 Å². The van der Waals surface area contributed by atoms with Crippen LogP contribution in [0.1, 0.15) is 0 Å². The number of rotatable bonds is 0. The Hall–Kier alpha value is 2.36. The molecule has 2 radical (unpaired) electrons. The van der Waals surface area contributed by atoms with Crippen molar-refractivity contribution in [3.05, 3.63) is 0 Å². The first-order valence-corrected chi connectivity index (χ1v) is 6.00. The van der Waals surface area contributed by atoms with Gasteiger partial charge in [0, 0.05) is 31.2 Å². The zero-order valence-corrected chi connectivity index (χ0v) is 15.9. The molecule has 0 bridgehead atoms. The SMILES string of the molecule is O=S(=O)([O-])[O-].O=S(=O)([O-])[O-].O=S(=O)([O-])[O-].[Ce+3].[Ce+3]. The van der Waals surface area contributed by atoms with Crippen LogP contribution in [0.2, 0.25) is 0 Å². The van der Waals surface area contributed by atoms with E-state index in [0.717, 1.165) is 0 Å². The molecule has 0 N–H and O–H groups in total.